The van der Waals surface area contributed by atoms with Crippen molar-refractivity contribution < 1.29 is 9.53 Å². The van der Waals surface area contributed by atoms with E-state index in [-0.39, 0.29) is 0 Å². The van der Waals surface area contributed by atoms with Crippen molar-refractivity contribution in [2.24, 2.45) is 0 Å². The van der Waals surface area contributed by atoms with E-state index in [1.54, 1.807) is 0 Å². The topological polar surface area (TPSA) is 52.1 Å². The van der Waals surface area contributed by atoms with Gasteiger partial charge in [0.15, 0.2) is 0 Å². The number of carbonyl (C=O) groups excluding carboxylic acids is 1. The van der Waals surface area contributed by atoms with Crippen LogP contribution in [0.2, 0.25) is 0 Å². The predicted molar refractivity (Wildman–Crippen MR) is 71.7 cm³/mol. The zero-order valence-electron chi connectivity index (χ0n) is 11.0. The van der Waals surface area contributed by atoms with Gasteiger partial charge in [0.1, 0.15) is 18.2 Å². The van der Waals surface area contributed by atoms with Crippen LogP contribution < -0.4 is 4.74 Å². The lowest BCUT2D eigenvalue weighted by molar-refractivity contribution is 0.300. The van der Waals surface area contributed by atoms with Crippen molar-refractivity contribution in [2.75, 3.05) is 0 Å². The van der Waals surface area contributed by atoms with Crippen LogP contribution in [-0.2, 0) is 17.8 Å². The molecule has 0 spiro atoms. The maximum Gasteiger partial charge on any atom is 0.203 e. The van der Waals surface area contributed by atoms with Crippen molar-refractivity contribution in [3.05, 3.63) is 53.1 Å². The SMILES string of the molecule is Cc1cc(COc2ccc(C[C]=O)cc2)nc(C)n1. The molecular formula is C15H15N2O2. The second-order valence-corrected chi connectivity index (χ2v) is 4.30. The van der Waals surface area contributed by atoms with Gasteiger partial charge in [-0.1, -0.05) is 12.1 Å². The van der Waals surface area contributed by atoms with E-state index in [2.05, 4.69) is 9.97 Å². The normalized spacial score (nSPS) is 10.2. The average molecular weight is 255 g/mol. The Labute approximate surface area is 112 Å². The quantitative estimate of drug-likeness (QED) is 0.822. The molecule has 19 heavy (non-hydrogen) atoms. The molecule has 0 amide bonds. The molecule has 0 saturated heterocycles. The third kappa shape index (κ3) is 3.88. The molecule has 1 heterocycles. The van der Waals surface area contributed by atoms with Gasteiger partial charge in [-0.2, -0.15) is 0 Å². The Kier molecular flexibility index (Phi) is 4.23. The molecule has 2 aromatic rings. The molecule has 0 N–H and O–H groups in total. The third-order valence-electron chi connectivity index (χ3n) is 2.61. The largest absolute Gasteiger partial charge is 0.487 e. The van der Waals surface area contributed by atoms with Crippen molar-refractivity contribution in [2.45, 2.75) is 26.9 Å². The van der Waals surface area contributed by atoms with Crippen LogP contribution in [0.4, 0.5) is 0 Å². The Bertz CT molecular complexity index is 545. The summed E-state index contributed by atoms with van der Waals surface area (Å²) < 4.78 is 5.65. The first-order valence-corrected chi connectivity index (χ1v) is 6.05. The van der Waals surface area contributed by atoms with Crippen molar-refractivity contribution in [1.82, 2.24) is 9.97 Å². The first-order chi connectivity index (χ1) is 9.17. The van der Waals surface area contributed by atoms with Gasteiger partial charge in [-0.25, -0.2) is 9.97 Å². The summed E-state index contributed by atoms with van der Waals surface area (Å²) in [6.07, 6.45) is 2.18. The van der Waals surface area contributed by atoms with E-state index in [1.165, 1.54) is 0 Å². The van der Waals surface area contributed by atoms with Crippen LogP contribution in [0.1, 0.15) is 22.8 Å². The van der Waals surface area contributed by atoms with Gasteiger partial charge in [0, 0.05) is 12.1 Å². The molecule has 2 rings (SSSR count). The minimum atomic E-state index is 0.310. The van der Waals surface area contributed by atoms with E-state index in [0.29, 0.717) is 13.0 Å². The Hall–Kier alpha value is -2.23. The standard InChI is InChI=1S/C15H15N2O2/c1-11-9-14(17-12(2)16-11)10-19-15-5-3-13(4-6-15)7-8-18/h3-6,9H,7,10H2,1-2H3. The summed E-state index contributed by atoms with van der Waals surface area (Å²) in [6.45, 7) is 4.20. The van der Waals surface area contributed by atoms with Crippen LogP contribution >= 0.6 is 0 Å². The number of aryl methyl sites for hydroxylation is 2. The highest BCUT2D eigenvalue weighted by molar-refractivity contribution is 5.55. The van der Waals surface area contributed by atoms with Crippen LogP contribution in [0.5, 0.6) is 5.75 Å². The Balaban J connectivity index is 1.99. The zero-order valence-corrected chi connectivity index (χ0v) is 11.0. The number of nitrogens with zero attached hydrogens (tertiary/aromatic N) is 2. The molecule has 0 fully saturated rings. The van der Waals surface area contributed by atoms with E-state index in [0.717, 1.165) is 28.5 Å². The minimum Gasteiger partial charge on any atom is -0.487 e. The molecule has 1 aromatic heterocycles. The summed E-state index contributed by atoms with van der Waals surface area (Å²) >= 11 is 0. The number of hydrogen-bond acceptors (Lipinski definition) is 4. The van der Waals surface area contributed by atoms with Gasteiger partial charge in [-0.15, -0.1) is 0 Å². The van der Waals surface area contributed by atoms with E-state index in [4.69, 9.17) is 4.74 Å². The van der Waals surface area contributed by atoms with Crippen molar-refractivity contribution in [3.8, 4) is 5.75 Å². The molecule has 1 aromatic carbocycles. The van der Waals surface area contributed by atoms with Gasteiger partial charge in [0.05, 0.1) is 5.69 Å². The molecule has 1 radical (unpaired) electrons. The molecule has 0 aliphatic heterocycles. The fourth-order valence-corrected chi connectivity index (χ4v) is 1.81. The molecular weight excluding hydrogens is 240 g/mol. The molecule has 4 nitrogen and oxygen atoms in total. The van der Waals surface area contributed by atoms with Gasteiger partial charge < -0.3 is 4.74 Å². The van der Waals surface area contributed by atoms with E-state index >= 15 is 0 Å². The second kappa shape index (κ2) is 6.09. The summed E-state index contributed by atoms with van der Waals surface area (Å²) in [5, 5.41) is 0. The van der Waals surface area contributed by atoms with E-state index in [1.807, 2.05) is 50.5 Å². The smallest absolute Gasteiger partial charge is 0.203 e. The lowest BCUT2D eigenvalue weighted by Crippen LogP contribution is -2.02. The van der Waals surface area contributed by atoms with Gasteiger partial charge in [0.2, 0.25) is 6.29 Å². The first-order valence-electron chi connectivity index (χ1n) is 6.05. The van der Waals surface area contributed by atoms with Gasteiger partial charge in [0.25, 0.3) is 0 Å². The van der Waals surface area contributed by atoms with Gasteiger partial charge in [-0.3, -0.25) is 4.79 Å². The number of benzene rings is 1. The molecule has 97 valence electrons. The Morgan fingerprint density at radius 3 is 2.53 bits per heavy atom. The van der Waals surface area contributed by atoms with Crippen molar-refractivity contribution in [1.29, 1.82) is 0 Å². The lowest BCUT2D eigenvalue weighted by Gasteiger charge is -2.07. The predicted octanol–water partition coefficient (Wildman–Crippen LogP) is 2.32. The van der Waals surface area contributed by atoms with Crippen LogP contribution in [0.3, 0.4) is 0 Å². The number of aromatic nitrogens is 2. The fraction of sp³-hybridized carbons (Fsp3) is 0.267. The van der Waals surface area contributed by atoms with Crippen LogP contribution in [-0.4, -0.2) is 16.3 Å². The maximum atomic E-state index is 10.3. The molecule has 0 unspecified atom stereocenters. The molecule has 0 aliphatic rings. The molecule has 0 saturated carbocycles. The van der Waals surface area contributed by atoms with Crippen molar-refractivity contribution >= 4 is 6.29 Å². The van der Waals surface area contributed by atoms with E-state index in [9.17, 15) is 4.79 Å². The average Bonchev–Trinajstić information content (AvgIpc) is 2.37. The molecule has 0 bridgehead atoms. The highest BCUT2D eigenvalue weighted by atomic mass is 16.5. The lowest BCUT2D eigenvalue weighted by atomic mass is 10.2. The number of hydrogen-bond donors (Lipinski definition) is 0. The third-order valence-corrected chi connectivity index (χ3v) is 2.61. The number of ether oxygens (including phenoxy) is 1. The van der Waals surface area contributed by atoms with E-state index < -0.39 is 0 Å². The highest BCUT2D eigenvalue weighted by Crippen LogP contribution is 2.14. The summed E-state index contributed by atoms with van der Waals surface area (Å²) in [5.74, 6) is 1.50. The number of rotatable bonds is 5. The monoisotopic (exact) mass is 255 g/mol. The minimum absolute atomic E-state index is 0.310. The maximum absolute atomic E-state index is 10.3. The Morgan fingerprint density at radius 2 is 1.89 bits per heavy atom. The second-order valence-electron chi connectivity index (χ2n) is 4.30. The first kappa shape index (κ1) is 13.2. The van der Waals surface area contributed by atoms with Crippen molar-refractivity contribution in [3.63, 3.8) is 0 Å². The summed E-state index contributed by atoms with van der Waals surface area (Å²) in [6, 6.07) is 9.30. The summed E-state index contributed by atoms with van der Waals surface area (Å²) in [7, 11) is 0. The molecule has 0 atom stereocenters. The summed E-state index contributed by atoms with van der Waals surface area (Å²) in [4.78, 5) is 18.8. The van der Waals surface area contributed by atoms with Crippen LogP contribution in [0.25, 0.3) is 0 Å². The molecule has 0 aliphatic carbocycles. The Morgan fingerprint density at radius 1 is 1.16 bits per heavy atom. The van der Waals surface area contributed by atoms with Gasteiger partial charge in [-0.05, 0) is 37.6 Å². The zero-order chi connectivity index (χ0) is 13.7. The highest BCUT2D eigenvalue weighted by Gasteiger charge is 2.01. The summed E-state index contributed by atoms with van der Waals surface area (Å²) in [5.41, 5.74) is 2.72. The van der Waals surface area contributed by atoms with Gasteiger partial charge >= 0.3 is 0 Å². The van der Waals surface area contributed by atoms with Crippen LogP contribution in [0, 0.1) is 13.8 Å². The molecule has 4 heteroatoms. The fourth-order valence-electron chi connectivity index (χ4n) is 1.81. The van der Waals surface area contributed by atoms with Crippen LogP contribution in [0.15, 0.2) is 30.3 Å².